The van der Waals surface area contributed by atoms with Gasteiger partial charge in [0.15, 0.2) is 0 Å². The van der Waals surface area contributed by atoms with E-state index in [0.29, 0.717) is 18.8 Å². The van der Waals surface area contributed by atoms with Crippen LogP contribution in [-0.2, 0) is 10.3 Å². The first kappa shape index (κ1) is 7.64. The van der Waals surface area contributed by atoms with E-state index in [4.69, 9.17) is 10.5 Å². The highest BCUT2D eigenvalue weighted by Gasteiger charge is 2.38. The number of pyridine rings is 1. The second kappa shape index (κ2) is 2.50. The molecule has 0 bridgehead atoms. The van der Waals surface area contributed by atoms with Crippen LogP contribution in [0.25, 0.3) is 0 Å². The zero-order valence-electron chi connectivity index (χ0n) is 6.46. The van der Waals surface area contributed by atoms with Crippen LogP contribution in [0.2, 0.25) is 0 Å². The van der Waals surface area contributed by atoms with E-state index in [2.05, 4.69) is 4.98 Å². The Morgan fingerprint density at radius 3 is 2.83 bits per heavy atom. The van der Waals surface area contributed by atoms with E-state index >= 15 is 0 Å². The summed E-state index contributed by atoms with van der Waals surface area (Å²) in [5, 5.41) is 0. The number of hydrogen-bond acceptors (Lipinski definition) is 3. The minimum atomic E-state index is -0.632. The standard InChI is InChI=1S/C8H9FN2O/c9-7-3-11-2-1-6(7)8(10)4-12-5-8/h1-3H,4-5,10H2. The van der Waals surface area contributed by atoms with Crippen molar-refractivity contribution >= 4 is 0 Å². The van der Waals surface area contributed by atoms with E-state index in [0.717, 1.165) is 0 Å². The van der Waals surface area contributed by atoms with Crippen LogP contribution in [0.3, 0.4) is 0 Å². The summed E-state index contributed by atoms with van der Waals surface area (Å²) in [5.41, 5.74) is 5.69. The Kier molecular flexibility index (Phi) is 1.59. The second-order valence-corrected chi connectivity index (χ2v) is 3.00. The van der Waals surface area contributed by atoms with Crippen LogP contribution in [0, 0.1) is 5.82 Å². The zero-order chi connectivity index (χ0) is 8.60. The van der Waals surface area contributed by atoms with Gasteiger partial charge in [-0.1, -0.05) is 0 Å². The fourth-order valence-electron chi connectivity index (χ4n) is 1.26. The molecule has 0 unspecified atom stereocenters. The molecule has 2 heterocycles. The van der Waals surface area contributed by atoms with E-state index in [1.54, 1.807) is 6.07 Å². The van der Waals surface area contributed by atoms with E-state index in [1.807, 2.05) is 0 Å². The summed E-state index contributed by atoms with van der Waals surface area (Å²) >= 11 is 0. The van der Waals surface area contributed by atoms with Gasteiger partial charge < -0.3 is 10.5 Å². The molecule has 0 amide bonds. The maximum atomic E-state index is 13.1. The number of hydrogen-bond donors (Lipinski definition) is 1. The highest BCUT2D eigenvalue weighted by Crippen LogP contribution is 2.27. The third-order valence-electron chi connectivity index (χ3n) is 2.03. The number of nitrogens with zero attached hydrogens (tertiary/aromatic N) is 1. The molecule has 0 aromatic carbocycles. The van der Waals surface area contributed by atoms with Gasteiger partial charge in [0.05, 0.1) is 24.9 Å². The molecule has 0 spiro atoms. The van der Waals surface area contributed by atoms with Crippen LogP contribution in [-0.4, -0.2) is 18.2 Å². The first-order valence-electron chi connectivity index (χ1n) is 3.69. The molecule has 4 heteroatoms. The molecule has 1 aromatic rings. The van der Waals surface area contributed by atoms with Crippen LogP contribution >= 0.6 is 0 Å². The molecule has 2 rings (SSSR count). The molecular formula is C8H9FN2O. The van der Waals surface area contributed by atoms with Crippen LogP contribution in [0.1, 0.15) is 5.56 Å². The number of rotatable bonds is 1. The highest BCUT2D eigenvalue weighted by atomic mass is 19.1. The Balaban J connectivity index is 2.39. The number of aromatic nitrogens is 1. The van der Waals surface area contributed by atoms with Gasteiger partial charge in [0.25, 0.3) is 0 Å². The third-order valence-corrected chi connectivity index (χ3v) is 2.03. The normalized spacial score (nSPS) is 20.2. The van der Waals surface area contributed by atoms with Crippen molar-refractivity contribution in [1.82, 2.24) is 4.98 Å². The van der Waals surface area contributed by atoms with Crippen molar-refractivity contribution in [2.75, 3.05) is 13.2 Å². The van der Waals surface area contributed by atoms with Gasteiger partial charge in [-0.05, 0) is 6.07 Å². The molecule has 1 aliphatic rings. The summed E-state index contributed by atoms with van der Waals surface area (Å²) in [6.07, 6.45) is 2.70. The molecular weight excluding hydrogens is 159 g/mol. The first-order chi connectivity index (χ1) is 5.72. The molecule has 0 radical (unpaired) electrons. The fourth-order valence-corrected chi connectivity index (χ4v) is 1.26. The molecule has 0 aliphatic carbocycles. The first-order valence-corrected chi connectivity index (χ1v) is 3.69. The van der Waals surface area contributed by atoms with Crippen molar-refractivity contribution in [3.05, 3.63) is 29.8 Å². The van der Waals surface area contributed by atoms with Crippen LogP contribution in [0.15, 0.2) is 18.5 Å². The molecule has 1 aliphatic heterocycles. The molecule has 64 valence electrons. The van der Waals surface area contributed by atoms with E-state index < -0.39 is 5.54 Å². The van der Waals surface area contributed by atoms with Crippen molar-refractivity contribution < 1.29 is 9.13 Å². The lowest BCUT2D eigenvalue weighted by Gasteiger charge is -2.38. The Hall–Kier alpha value is -1.00. The third kappa shape index (κ3) is 1.00. The molecule has 0 atom stereocenters. The Morgan fingerprint density at radius 1 is 1.58 bits per heavy atom. The SMILES string of the molecule is NC1(c2ccncc2F)COC1. The van der Waals surface area contributed by atoms with E-state index in [9.17, 15) is 4.39 Å². The molecule has 12 heavy (non-hydrogen) atoms. The van der Waals surface area contributed by atoms with Gasteiger partial charge >= 0.3 is 0 Å². The minimum absolute atomic E-state index is 0.358. The maximum absolute atomic E-state index is 13.1. The minimum Gasteiger partial charge on any atom is -0.377 e. The topological polar surface area (TPSA) is 48.1 Å². The second-order valence-electron chi connectivity index (χ2n) is 3.00. The van der Waals surface area contributed by atoms with Crippen LogP contribution < -0.4 is 5.73 Å². The number of ether oxygens (including phenoxy) is 1. The van der Waals surface area contributed by atoms with Gasteiger partial charge in [-0.2, -0.15) is 0 Å². The summed E-state index contributed by atoms with van der Waals surface area (Å²) in [7, 11) is 0. The van der Waals surface area contributed by atoms with Gasteiger partial charge in [0.2, 0.25) is 0 Å². The van der Waals surface area contributed by atoms with Crippen LogP contribution in [0.5, 0.6) is 0 Å². The van der Waals surface area contributed by atoms with Crippen molar-refractivity contribution in [2.24, 2.45) is 5.73 Å². The molecule has 2 N–H and O–H groups in total. The fraction of sp³-hybridized carbons (Fsp3) is 0.375. The summed E-state index contributed by atoms with van der Waals surface area (Å²) in [6.45, 7) is 0.766. The lowest BCUT2D eigenvalue weighted by molar-refractivity contribution is -0.0585. The predicted octanol–water partition coefficient (Wildman–Crippen LogP) is 0.405. The van der Waals surface area contributed by atoms with Gasteiger partial charge in [-0.3, -0.25) is 4.98 Å². The lowest BCUT2D eigenvalue weighted by atomic mass is 9.90. The van der Waals surface area contributed by atoms with E-state index in [1.165, 1.54) is 12.4 Å². The van der Waals surface area contributed by atoms with Crippen molar-refractivity contribution in [3.8, 4) is 0 Å². The average Bonchev–Trinajstić information content (AvgIpc) is 2.01. The predicted molar refractivity (Wildman–Crippen MR) is 40.9 cm³/mol. The van der Waals surface area contributed by atoms with Gasteiger partial charge in [0.1, 0.15) is 5.82 Å². The Morgan fingerprint density at radius 2 is 2.33 bits per heavy atom. The van der Waals surface area contributed by atoms with Gasteiger partial charge in [0, 0.05) is 11.8 Å². The summed E-state index contributed by atoms with van der Waals surface area (Å²) in [5.74, 6) is -0.358. The lowest BCUT2D eigenvalue weighted by Crippen LogP contribution is -2.54. The van der Waals surface area contributed by atoms with Crippen molar-refractivity contribution in [3.63, 3.8) is 0 Å². The quantitative estimate of drug-likeness (QED) is 0.660. The zero-order valence-corrected chi connectivity index (χ0v) is 6.46. The van der Waals surface area contributed by atoms with E-state index in [-0.39, 0.29) is 5.82 Å². The summed E-state index contributed by atoms with van der Waals surface area (Å²) < 4.78 is 18.0. The summed E-state index contributed by atoms with van der Waals surface area (Å²) in [4.78, 5) is 3.65. The Labute approximate surface area is 69.4 Å². The number of nitrogens with two attached hydrogens (primary N) is 1. The summed E-state index contributed by atoms with van der Waals surface area (Å²) in [6, 6.07) is 1.60. The smallest absolute Gasteiger partial charge is 0.146 e. The molecule has 1 fully saturated rings. The monoisotopic (exact) mass is 168 g/mol. The van der Waals surface area contributed by atoms with Crippen molar-refractivity contribution in [1.29, 1.82) is 0 Å². The molecule has 3 nitrogen and oxygen atoms in total. The molecule has 1 saturated heterocycles. The van der Waals surface area contributed by atoms with Gasteiger partial charge in [-0.25, -0.2) is 4.39 Å². The largest absolute Gasteiger partial charge is 0.377 e. The highest BCUT2D eigenvalue weighted by molar-refractivity contribution is 5.25. The average molecular weight is 168 g/mol. The Bertz CT molecular complexity index is 299. The van der Waals surface area contributed by atoms with Crippen molar-refractivity contribution in [2.45, 2.75) is 5.54 Å². The maximum Gasteiger partial charge on any atom is 0.146 e. The number of halogens is 1. The molecule has 1 aromatic heterocycles. The molecule has 0 saturated carbocycles. The van der Waals surface area contributed by atoms with Gasteiger partial charge in [-0.15, -0.1) is 0 Å². The van der Waals surface area contributed by atoms with Crippen LogP contribution in [0.4, 0.5) is 4.39 Å².